The highest BCUT2D eigenvalue weighted by Gasteiger charge is 2.24. The van der Waals surface area contributed by atoms with Crippen LogP contribution in [0.15, 0.2) is 66.7 Å². The number of aryl methyl sites for hydroxylation is 1. The molecular formula is C23H18Cl2N2O2. The van der Waals surface area contributed by atoms with E-state index in [0.29, 0.717) is 33.4 Å². The van der Waals surface area contributed by atoms with Crippen molar-refractivity contribution in [3.8, 4) is 0 Å². The summed E-state index contributed by atoms with van der Waals surface area (Å²) in [7, 11) is 0. The van der Waals surface area contributed by atoms with E-state index in [4.69, 9.17) is 23.2 Å². The molecule has 0 spiro atoms. The maximum atomic E-state index is 13.0. The number of anilines is 2. The topological polar surface area (TPSA) is 49.4 Å². The first-order valence-electron chi connectivity index (χ1n) is 9.28. The molecule has 0 saturated heterocycles. The van der Waals surface area contributed by atoms with Crippen molar-refractivity contribution in [2.45, 2.75) is 12.8 Å². The van der Waals surface area contributed by atoms with Crippen molar-refractivity contribution in [2.75, 3.05) is 16.8 Å². The van der Waals surface area contributed by atoms with Crippen molar-refractivity contribution < 1.29 is 9.59 Å². The second kappa shape index (κ2) is 8.27. The quantitative estimate of drug-likeness (QED) is 0.573. The molecule has 4 rings (SSSR count). The molecule has 29 heavy (non-hydrogen) atoms. The zero-order chi connectivity index (χ0) is 20.4. The Hall–Kier alpha value is -2.82. The Balaban J connectivity index is 1.58. The lowest BCUT2D eigenvalue weighted by atomic mass is 9.98. The molecule has 0 fully saturated rings. The summed E-state index contributed by atoms with van der Waals surface area (Å²) >= 11 is 12.0. The molecular weight excluding hydrogens is 407 g/mol. The van der Waals surface area contributed by atoms with Gasteiger partial charge in [-0.25, -0.2) is 0 Å². The number of carbonyl (C=O) groups is 2. The van der Waals surface area contributed by atoms with Gasteiger partial charge in [0, 0.05) is 39.1 Å². The van der Waals surface area contributed by atoms with E-state index in [9.17, 15) is 9.59 Å². The van der Waals surface area contributed by atoms with E-state index in [2.05, 4.69) is 5.32 Å². The van der Waals surface area contributed by atoms with E-state index < -0.39 is 0 Å². The molecule has 0 atom stereocenters. The van der Waals surface area contributed by atoms with Gasteiger partial charge in [-0.15, -0.1) is 0 Å². The van der Waals surface area contributed by atoms with Gasteiger partial charge in [-0.3, -0.25) is 9.59 Å². The summed E-state index contributed by atoms with van der Waals surface area (Å²) in [6.45, 7) is 0.631. The fraction of sp³-hybridized carbons (Fsp3) is 0.130. The van der Waals surface area contributed by atoms with E-state index in [1.807, 2.05) is 12.1 Å². The van der Waals surface area contributed by atoms with Gasteiger partial charge in [-0.05, 0) is 73.0 Å². The minimum absolute atomic E-state index is 0.0930. The van der Waals surface area contributed by atoms with Gasteiger partial charge in [0.15, 0.2) is 0 Å². The SMILES string of the molecule is O=C(Nc1cccc(Cl)c1)c1ccc2c(c1)CCCN2C(=O)c1cccc(Cl)c1. The summed E-state index contributed by atoms with van der Waals surface area (Å²) in [6.07, 6.45) is 1.64. The summed E-state index contributed by atoms with van der Waals surface area (Å²) in [5, 5.41) is 3.94. The molecule has 1 aliphatic heterocycles. The second-order valence-electron chi connectivity index (χ2n) is 6.88. The first-order valence-corrected chi connectivity index (χ1v) is 10.0. The highest BCUT2D eigenvalue weighted by molar-refractivity contribution is 6.31. The van der Waals surface area contributed by atoms with Gasteiger partial charge in [0.2, 0.25) is 0 Å². The Kier molecular flexibility index (Phi) is 5.56. The van der Waals surface area contributed by atoms with Crippen LogP contribution in [-0.2, 0) is 6.42 Å². The third kappa shape index (κ3) is 4.29. The third-order valence-corrected chi connectivity index (χ3v) is 5.33. The number of hydrogen-bond donors (Lipinski definition) is 1. The molecule has 1 N–H and O–H groups in total. The molecule has 4 nitrogen and oxygen atoms in total. The number of rotatable bonds is 3. The Labute approximate surface area is 179 Å². The molecule has 0 unspecified atom stereocenters. The number of amides is 2. The summed E-state index contributed by atoms with van der Waals surface area (Å²) in [5.41, 5.74) is 3.54. The smallest absolute Gasteiger partial charge is 0.258 e. The molecule has 146 valence electrons. The summed E-state index contributed by atoms with van der Waals surface area (Å²) in [5.74, 6) is -0.307. The number of halogens is 2. The Bertz CT molecular complexity index is 1100. The van der Waals surface area contributed by atoms with Crippen molar-refractivity contribution in [3.05, 3.63) is 93.5 Å². The van der Waals surface area contributed by atoms with Gasteiger partial charge in [0.25, 0.3) is 11.8 Å². The van der Waals surface area contributed by atoms with E-state index in [0.717, 1.165) is 24.1 Å². The lowest BCUT2D eigenvalue weighted by molar-refractivity contribution is 0.0984. The molecule has 1 aliphatic rings. The normalized spacial score (nSPS) is 13.0. The van der Waals surface area contributed by atoms with Crippen molar-refractivity contribution in [3.63, 3.8) is 0 Å². The first kappa shape index (κ1) is 19.5. The first-order chi connectivity index (χ1) is 14.0. The van der Waals surface area contributed by atoms with Gasteiger partial charge in [-0.2, -0.15) is 0 Å². The predicted molar refractivity (Wildman–Crippen MR) is 117 cm³/mol. The predicted octanol–water partition coefficient (Wildman–Crippen LogP) is 5.84. The van der Waals surface area contributed by atoms with Crippen LogP contribution in [0.1, 0.15) is 32.7 Å². The summed E-state index contributed by atoms with van der Waals surface area (Å²) in [6, 6.07) is 19.4. The number of carbonyl (C=O) groups excluding carboxylic acids is 2. The zero-order valence-corrected chi connectivity index (χ0v) is 17.0. The lowest BCUT2D eigenvalue weighted by Gasteiger charge is -2.30. The highest BCUT2D eigenvalue weighted by atomic mass is 35.5. The maximum absolute atomic E-state index is 13.0. The van der Waals surface area contributed by atoms with Gasteiger partial charge in [0.05, 0.1) is 0 Å². The van der Waals surface area contributed by atoms with Crippen LogP contribution in [0.25, 0.3) is 0 Å². The van der Waals surface area contributed by atoms with Crippen molar-refractivity contribution in [2.24, 2.45) is 0 Å². The van der Waals surface area contributed by atoms with Crippen LogP contribution >= 0.6 is 23.2 Å². The number of benzene rings is 3. The average molecular weight is 425 g/mol. The minimum Gasteiger partial charge on any atom is -0.322 e. The largest absolute Gasteiger partial charge is 0.322 e. The van der Waals surface area contributed by atoms with Crippen LogP contribution < -0.4 is 10.2 Å². The van der Waals surface area contributed by atoms with Gasteiger partial charge in [0.1, 0.15) is 0 Å². The average Bonchev–Trinajstić information content (AvgIpc) is 2.72. The van der Waals surface area contributed by atoms with Crippen molar-refractivity contribution in [1.82, 2.24) is 0 Å². The van der Waals surface area contributed by atoms with Gasteiger partial charge in [-0.1, -0.05) is 35.3 Å². The van der Waals surface area contributed by atoms with Crippen LogP contribution in [0.2, 0.25) is 10.0 Å². The number of hydrogen-bond acceptors (Lipinski definition) is 2. The van der Waals surface area contributed by atoms with Crippen molar-refractivity contribution in [1.29, 1.82) is 0 Å². The van der Waals surface area contributed by atoms with Crippen LogP contribution in [0.3, 0.4) is 0 Å². The Morgan fingerprint density at radius 3 is 2.38 bits per heavy atom. The van der Waals surface area contributed by atoms with E-state index in [1.54, 1.807) is 59.5 Å². The zero-order valence-electron chi connectivity index (χ0n) is 15.5. The molecule has 0 aliphatic carbocycles. The summed E-state index contributed by atoms with van der Waals surface area (Å²) in [4.78, 5) is 27.4. The monoisotopic (exact) mass is 424 g/mol. The molecule has 0 bridgehead atoms. The molecule has 2 amide bonds. The molecule has 3 aromatic rings. The maximum Gasteiger partial charge on any atom is 0.258 e. The van der Waals surface area contributed by atoms with Crippen LogP contribution in [-0.4, -0.2) is 18.4 Å². The highest BCUT2D eigenvalue weighted by Crippen LogP contribution is 2.30. The van der Waals surface area contributed by atoms with Crippen molar-refractivity contribution >= 4 is 46.4 Å². The number of nitrogens with zero attached hydrogens (tertiary/aromatic N) is 1. The van der Waals surface area contributed by atoms with E-state index in [1.165, 1.54) is 0 Å². The molecule has 1 heterocycles. The molecule has 0 saturated carbocycles. The Morgan fingerprint density at radius 2 is 1.62 bits per heavy atom. The molecule has 0 aromatic heterocycles. The number of fused-ring (bicyclic) bond motifs is 1. The van der Waals surface area contributed by atoms with Gasteiger partial charge < -0.3 is 10.2 Å². The summed E-state index contributed by atoms with van der Waals surface area (Å²) < 4.78 is 0. The fourth-order valence-corrected chi connectivity index (χ4v) is 3.88. The molecule has 3 aromatic carbocycles. The number of nitrogens with one attached hydrogen (secondary N) is 1. The standard InChI is InChI=1S/C23H18Cl2N2O2/c24-18-6-1-4-17(13-18)23(29)27-11-3-5-15-12-16(9-10-21(15)27)22(28)26-20-8-2-7-19(25)14-20/h1-2,4,6-10,12-14H,3,5,11H2,(H,26,28). The lowest BCUT2D eigenvalue weighted by Crippen LogP contribution is -2.35. The molecule has 6 heteroatoms. The molecule has 0 radical (unpaired) electrons. The minimum atomic E-state index is -0.214. The van der Waals surface area contributed by atoms with Crippen LogP contribution in [0.5, 0.6) is 0 Å². The second-order valence-corrected chi connectivity index (χ2v) is 7.75. The van der Waals surface area contributed by atoms with Crippen LogP contribution in [0.4, 0.5) is 11.4 Å². The van der Waals surface area contributed by atoms with Crippen LogP contribution in [0, 0.1) is 0 Å². The third-order valence-electron chi connectivity index (χ3n) is 4.86. The van der Waals surface area contributed by atoms with E-state index >= 15 is 0 Å². The van der Waals surface area contributed by atoms with Gasteiger partial charge >= 0.3 is 0 Å². The Morgan fingerprint density at radius 1 is 0.862 bits per heavy atom. The van der Waals surface area contributed by atoms with E-state index in [-0.39, 0.29) is 11.8 Å². The fourth-order valence-electron chi connectivity index (χ4n) is 3.50.